The van der Waals surface area contributed by atoms with E-state index in [1.165, 1.54) is 11.8 Å². The molecule has 5 rings (SSSR count). The molecule has 2 aromatic heterocycles. The summed E-state index contributed by atoms with van der Waals surface area (Å²) in [5.74, 6) is 0.709. The minimum atomic E-state index is -0.483. The Morgan fingerprint density at radius 2 is 1.91 bits per heavy atom. The normalized spacial score (nSPS) is 11.4. The van der Waals surface area contributed by atoms with Crippen molar-refractivity contribution in [3.05, 3.63) is 93.2 Å². The van der Waals surface area contributed by atoms with Gasteiger partial charge in [-0.3, -0.25) is 4.79 Å². The highest BCUT2D eigenvalue weighted by molar-refractivity contribution is 9.10. The van der Waals surface area contributed by atoms with Crippen LogP contribution in [0, 0.1) is 0 Å². The van der Waals surface area contributed by atoms with Gasteiger partial charge in [-0.15, -0.1) is 0 Å². The van der Waals surface area contributed by atoms with Crippen LogP contribution in [-0.4, -0.2) is 35.6 Å². The molecule has 0 atom stereocenters. The zero-order chi connectivity index (χ0) is 24.4. The summed E-state index contributed by atoms with van der Waals surface area (Å²) in [6.07, 6.45) is 1.54. The average molecular weight is 532 g/mol. The Kier molecular flexibility index (Phi) is 6.15. The lowest BCUT2D eigenvalue weighted by Crippen LogP contribution is -2.20. The maximum Gasteiger partial charge on any atom is 0.343 e. The van der Waals surface area contributed by atoms with Gasteiger partial charge in [0.25, 0.3) is 5.56 Å². The SMILES string of the molecule is COC(=O)COc1ccc(C=Nn2c(-c3cc4ccccc4o3)nc3ccccc3c2=O)cc1Br. The summed E-state index contributed by atoms with van der Waals surface area (Å²) in [6, 6.07) is 21.7. The van der Waals surface area contributed by atoms with Crippen LogP contribution in [0.15, 0.2) is 91.6 Å². The number of furan rings is 1. The van der Waals surface area contributed by atoms with E-state index in [1.807, 2.05) is 36.4 Å². The summed E-state index contributed by atoms with van der Waals surface area (Å²) < 4.78 is 17.9. The first-order valence-corrected chi connectivity index (χ1v) is 11.4. The number of para-hydroxylation sites is 2. The number of rotatable bonds is 6. The lowest BCUT2D eigenvalue weighted by Gasteiger charge is -2.08. The van der Waals surface area contributed by atoms with Gasteiger partial charge in [0.1, 0.15) is 11.3 Å². The van der Waals surface area contributed by atoms with Crippen LogP contribution >= 0.6 is 15.9 Å². The highest BCUT2D eigenvalue weighted by atomic mass is 79.9. The van der Waals surface area contributed by atoms with E-state index in [0.29, 0.717) is 43.9 Å². The summed E-state index contributed by atoms with van der Waals surface area (Å²) in [5.41, 5.74) is 1.61. The Bertz CT molecular complexity index is 1620. The monoisotopic (exact) mass is 531 g/mol. The molecule has 0 saturated heterocycles. The molecule has 0 saturated carbocycles. The number of esters is 1. The molecule has 3 aromatic carbocycles. The highest BCUT2D eigenvalue weighted by Gasteiger charge is 2.16. The summed E-state index contributed by atoms with van der Waals surface area (Å²) in [5, 5.41) is 5.79. The molecule has 174 valence electrons. The van der Waals surface area contributed by atoms with Gasteiger partial charge in [-0.2, -0.15) is 9.78 Å². The molecule has 35 heavy (non-hydrogen) atoms. The van der Waals surface area contributed by atoms with Crippen LogP contribution in [0.5, 0.6) is 5.75 Å². The molecule has 9 heteroatoms. The fourth-order valence-electron chi connectivity index (χ4n) is 3.52. The average Bonchev–Trinajstić information content (AvgIpc) is 3.31. The largest absolute Gasteiger partial charge is 0.481 e. The lowest BCUT2D eigenvalue weighted by atomic mass is 10.2. The van der Waals surface area contributed by atoms with Crippen molar-refractivity contribution in [2.75, 3.05) is 13.7 Å². The van der Waals surface area contributed by atoms with E-state index in [9.17, 15) is 9.59 Å². The lowest BCUT2D eigenvalue weighted by molar-refractivity contribution is -0.142. The molecule has 5 aromatic rings. The van der Waals surface area contributed by atoms with Crippen molar-refractivity contribution in [2.45, 2.75) is 0 Å². The summed E-state index contributed by atoms with van der Waals surface area (Å²) >= 11 is 3.43. The van der Waals surface area contributed by atoms with Gasteiger partial charge in [0.15, 0.2) is 12.4 Å². The molecule has 0 aliphatic rings. The number of halogens is 1. The van der Waals surface area contributed by atoms with Crippen LogP contribution in [0.3, 0.4) is 0 Å². The smallest absolute Gasteiger partial charge is 0.343 e. The van der Waals surface area contributed by atoms with E-state index in [2.05, 4.69) is 30.8 Å². The van der Waals surface area contributed by atoms with Crippen molar-refractivity contribution in [1.29, 1.82) is 0 Å². The molecule has 0 spiro atoms. The Balaban J connectivity index is 1.56. The van der Waals surface area contributed by atoms with Crippen molar-refractivity contribution in [3.8, 4) is 17.3 Å². The zero-order valence-corrected chi connectivity index (χ0v) is 20.1. The number of carbonyl (C=O) groups excluding carboxylic acids is 1. The first kappa shape index (κ1) is 22.5. The quantitative estimate of drug-likeness (QED) is 0.226. The number of benzene rings is 3. The van der Waals surface area contributed by atoms with Gasteiger partial charge < -0.3 is 13.9 Å². The fourth-order valence-corrected chi connectivity index (χ4v) is 4.03. The topological polar surface area (TPSA) is 95.9 Å². The molecule has 0 unspecified atom stereocenters. The van der Waals surface area contributed by atoms with Crippen LogP contribution in [0.1, 0.15) is 5.56 Å². The van der Waals surface area contributed by atoms with E-state index in [1.54, 1.807) is 42.6 Å². The number of ether oxygens (including phenoxy) is 2. The Hall–Kier alpha value is -4.24. The minimum absolute atomic E-state index is 0.207. The van der Waals surface area contributed by atoms with Crippen LogP contribution in [0.4, 0.5) is 0 Å². The molecule has 0 aliphatic carbocycles. The van der Waals surface area contributed by atoms with E-state index >= 15 is 0 Å². The third-order valence-corrected chi connectivity index (χ3v) is 5.87. The van der Waals surface area contributed by atoms with Gasteiger partial charge in [-0.1, -0.05) is 30.3 Å². The van der Waals surface area contributed by atoms with Gasteiger partial charge in [0.05, 0.1) is 28.7 Å². The fraction of sp³-hybridized carbons (Fsp3) is 0.0769. The number of hydrogen-bond donors (Lipinski definition) is 0. The van der Waals surface area contributed by atoms with Crippen molar-refractivity contribution >= 4 is 50.0 Å². The molecule has 0 aliphatic heterocycles. The molecule has 0 amide bonds. The number of carbonyl (C=O) groups is 1. The number of hydrogen-bond acceptors (Lipinski definition) is 7. The summed E-state index contributed by atoms with van der Waals surface area (Å²) in [6.45, 7) is -0.207. The Morgan fingerprint density at radius 1 is 1.11 bits per heavy atom. The van der Waals surface area contributed by atoms with Crippen molar-refractivity contribution in [3.63, 3.8) is 0 Å². The predicted octanol–water partition coefficient (Wildman–Crippen LogP) is 5.01. The molecule has 2 heterocycles. The first-order valence-electron chi connectivity index (χ1n) is 10.6. The molecule has 0 fully saturated rings. The van der Waals surface area contributed by atoms with Crippen LogP contribution in [0.2, 0.25) is 0 Å². The molecular formula is C26H18BrN3O5. The molecule has 0 radical (unpaired) electrons. The minimum Gasteiger partial charge on any atom is -0.481 e. The van der Waals surface area contributed by atoms with Crippen molar-refractivity contribution in [1.82, 2.24) is 9.66 Å². The third kappa shape index (κ3) is 4.58. The standard InChI is InChI=1S/C26H18BrN3O5/c1-33-24(31)15-34-22-11-10-16(12-19(22)27)14-28-30-25(23-13-17-6-2-5-9-21(17)35-23)29-20-8-4-3-7-18(20)26(30)32/h2-14H,15H2,1H3. The molecule has 8 nitrogen and oxygen atoms in total. The van der Waals surface area contributed by atoms with Crippen molar-refractivity contribution in [2.24, 2.45) is 5.10 Å². The van der Waals surface area contributed by atoms with Gasteiger partial charge in [0.2, 0.25) is 5.82 Å². The van der Waals surface area contributed by atoms with Crippen LogP contribution < -0.4 is 10.3 Å². The maximum absolute atomic E-state index is 13.4. The second-order valence-electron chi connectivity index (χ2n) is 7.52. The van der Waals surface area contributed by atoms with Gasteiger partial charge in [0, 0.05) is 5.39 Å². The van der Waals surface area contributed by atoms with Crippen molar-refractivity contribution < 1.29 is 18.7 Å². The Morgan fingerprint density at radius 3 is 2.71 bits per heavy atom. The van der Waals surface area contributed by atoms with E-state index in [-0.39, 0.29) is 12.2 Å². The molecular weight excluding hydrogens is 514 g/mol. The van der Waals surface area contributed by atoms with Gasteiger partial charge >= 0.3 is 5.97 Å². The highest BCUT2D eigenvalue weighted by Crippen LogP contribution is 2.28. The second-order valence-corrected chi connectivity index (χ2v) is 8.37. The van der Waals surface area contributed by atoms with E-state index in [4.69, 9.17) is 9.15 Å². The van der Waals surface area contributed by atoms with Crippen LogP contribution in [0.25, 0.3) is 33.5 Å². The number of nitrogens with zero attached hydrogens (tertiary/aromatic N) is 3. The van der Waals surface area contributed by atoms with E-state index in [0.717, 1.165) is 5.39 Å². The van der Waals surface area contributed by atoms with E-state index < -0.39 is 5.97 Å². The maximum atomic E-state index is 13.4. The summed E-state index contributed by atoms with van der Waals surface area (Å²) in [4.78, 5) is 29.4. The third-order valence-electron chi connectivity index (χ3n) is 5.25. The molecule has 0 N–H and O–H groups in total. The van der Waals surface area contributed by atoms with Crippen LogP contribution in [-0.2, 0) is 9.53 Å². The number of aromatic nitrogens is 2. The second kappa shape index (κ2) is 9.55. The number of fused-ring (bicyclic) bond motifs is 2. The first-order chi connectivity index (χ1) is 17.0. The number of methoxy groups -OCH3 is 1. The Labute approximate surface area is 207 Å². The molecule has 0 bridgehead atoms. The zero-order valence-electron chi connectivity index (χ0n) is 18.5. The predicted molar refractivity (Wildman–Crippen MR) is 136 cm³/mol. The van der Waals surface area contributed by atoms with Gasteiger partial charge in [-0.25, -0.2) is 9.78 Å². The summed E-state index contributed by atoms with van der Waals surface area (Å²) in [7, 11) is 1.30. The van der Waals surface area contributed by atoms with Gasteiger partial charge in [-0.05, 0) is 64.0 Å².